The first-order valence-corrected chi connectivity index (χ1v) is 6.53. The largest absolute Gasteiger partial charge is 0.439 e. The molecule has 0 atom stereocenters. The second-order valence-electron chi connectivity index (χ2n) is 4.57. The highest BCUT2D eigenvalue weighted by atomic mass is 16.5. The summed E-state index contributed by atoms with van der Waals surface area (Å²) < 4.78 is 5.87. The van der Waals surface area contributed by atoms with E-state index >= 15 is 0 Å². The molecule has 0 aliphatic heterocycles. The van der Waals surface area contributed by atoms with Gasteiger partial charge >= 0.3 is 0 Å². The van der Waals surface area contributed by atoms with Gasteiger partial charge in [-0.2, -0.15) is 0 Å². The topological polar surface area (TPSA) is 47.0 Å². The monoisotopic (exact) mass is 257 g/mol. The van der Waals surface area contributed by atoms with Gasteiger partial charge in [-0.05, 0) is 24.5 Å². The van der Waals surface area contributed by atoms with Gasteiger partial charge in [0, 0.05) is 12.6 Å². The van der Waals surface area contributed by atoms with Crippen LogP contribution in [0.15, 0.2) is 36.7 Å². The third kappa shape index (κ3) is 3.44. The average molecular weight is 257 g/mol. The molecular weight excluding hydrogens is 238 g/mol. The van der Waals surface area contributed by atoms with E-state index in [1.807, 2.05) is 25.1 Å². The third-order valence-corrected chi connectivity index (χ3v) is 2.76. The lowest BCUT2D eigenvalue weighted by atomic mass is 10.0. The molecule has 2 rings (SSSR count). The molecule has 0 unspecified atom stereocenters. The van der Waals surface area contributed by atoms with Crippen molar-refractivity contribution in [1.82, 2.24) is 9.97 Å². The Morgan fingerprint density at radius 2 is 2.00 bits per heavy atom. The molecule has 0 fully saturated rings. The smallest absolute Gasteiger partial charge is 0.224 e. The number of aromatic nitrogens is 2. The van der Waals surface area contributed by atoms with Crippen LogP contribution in [0.4, 0.5) is 5.82 Å². The van der Waals surface area contributed by atoms with Crippen molar-refractivity contribution >= 4 is 5.82 Å². The third-order valence-electron chi connectivity index (χ3n) is 2.76. The molecule has 0 saturated carbocycles. The Labute approximate surface area is 113 Å². The molecule has 0 bridgehead atoms. The zero-order chi connectivity index (χ0) is 13.7. The van der Waals surface area contributed by atoms with Crippen molar-refractivity contribution in [2.24, 2.45) is 0 Å². The molecule has 100 valence electrons. The number of anilines is 1. The summed E-state index contributed by atoms with van der Waals surface area (Å²) in [4.78, 5) is 8.27. The second-order valence-corrected chi connectivity index (χ2v) is 4.57. The zero-order valence-electron chi connectivity index (χ0n) is 11.6. The summed E-state index contributed by atoms with van der Waals surface area (Å²) in [5, 5.41) is 3.14. The molecule has 0 aliphatic carbocycles. The van der Waals surface area contributed by atoms with Crippen LogP contribution in [0.2, 0.25) is 0 Å². The Morgan fingerprint density at radius 1 is 1.21 bits per heavy atom. The highest BCUT2D eigenvalue weighted by molar-refractivity contribution is 5.41. The number of ether oxygens (including phenoxy) is 1. The van der Waals surface area contributed by atoms with Gasteiger partial charge in [-0.15, -0.1) is 0 Å². The predicted octanol–water partition coefficient (Wildman–Crippen LogP) is 3.82. The van der Waals surface area contributed by atoms with Gasteiger partial charge in [0.1, 0.15) is 17.9 Å². The molecule has 1 aromatic heterocycles. The van der Waals surface area contributed by atoms with Gasteiger partial charge in [-0.25, -0.2) is 9.97 Å². The van der Waals surface area contributed by atoms with Gasteiger partial charge < -0.3 is 10.1 Å². The molecule has 0 saturated heterocycles. The summed E-state index contributed by atoms with van der Waals surface area (Å²) in [7, 11) is 0. The number of para-hydroxylation sites is 1. The maximum atomic E-state index is 5.87. The van der Waals surface area contributed by atoms with Gasteiger partial charge in [0.15, 0.2) is 0 Å². The summed E-state index contributed by atoms with van der Waals surface area (Å²) in [6.07, 6.45) is 1.51. The molecule has 2 aromatic rings. The van der Waals surface area contributed by atoms with Crippen LogP contribution in [-0.4, -0.2) is 16.5 Å². The Morgan fingerprint density at radius 3 is 2.74 bits per heavy atom. The lowest BCUT2D eigenvalue weighted by Crippen LogP contribution is -2.01. The fraction of sp³-hybridized carbons (Fsp3) is 0.333. The molecule has 1 aromatic carbocycles. The minimum Gasteiger partial charge on any atom is -0.439 e. The van der Waals surface area contributed by atoms with Crippen LogP contribution in [0.25, 0.3) is 0 Å². The first-order chi connectivity index (χ1) is 9.20. The van der Waals surface area contributed by atoms with Crippen LogP contribution >= 0.6 is 0 Å². The molecular formula is C15H19N3O. The lowest BCUT2D eigenvalue weighted by molar-refractivity contribution is 0.453. The summed E-state index contributed by atoms with van der Waals surface area (Å²) in [5.41, 5.74) is 1.17. The highest BCUT2D eigenvalue weighted by Crippen LogP contribution is 2.29. The van der Waals surface area contributed by atoms with Crippen LogP contribution in [-0.2, 0) is 0 Å². The Kier molecular flexibility index (Phi) is 4.34. The van der Waals surface area contributed by atoms with Crippen molar-refractivity contribution in [3.05, 3.63) is 42.2 Å². The minimum absolute atomic E-state index is 0.409. The van der Waals surface area contributed by atoms with E-state index in [1.54, 1.807) is 6.07 Å². The van der Waals surface area contributed by atoms with Crippen LogP contribution in [0.5, 0.6) is 11.6 Å². The standard InChI is InChI=1S/C15H19N3O/c1-4-16-14-9-15(18-10-17-14)19-13-8-6-5-7-12(13)11(2)3/h5-11H,4H2,1-3H3,(H,16,17,18). The molecule has 0 radical (unpaired) electrons. The van der Waals surface area contributed by atoms with Crippen molar-refractivity contribution in [3.63, 3.8) is 0 Å². The molecule has 19 heavy (non-hydrogen) atoms. The maximum Gasteiger partial charge on any atom is 0.224 e. The van der Waals surface area contributed by atoms with Gasteiger partial charge in [0.05, 0.1) is 0 Å². The first-order valence-electron chi connectivity index (χ1n) is 6.53. The Bertz CT molecular complexity index is 540. The highest BCUT2D eigenvalue weighted by Gasteiger charge is 2.08. The molecule has 0 spiro atoms. The van der Waals surface area contributed by atoms with E-state index in [9.17, 15) is 0 Å². The number of benzene rings is 1. The number of nitrogens with one attached hydrogen (secondary N) is 1. The number of nitrogens with zero attached hydrogens (tertiary/aromatic N) is 2. The van der Waals surface area contributed by atoms with Crippen molar-refractivity contribution in [2.45, 2.75) is 26.7 Å². The van der Waals surface area contributed by atoms with Crippen LogP contribution in [0, 0.1) is 0 Å². The molecule has 4 nitrogen and oxygen atoms in total. The number of hydrogen-bond acceptors (Lipinski definition) is 4. The molecule has 0 amide bonds. The van der Waals surface area contributed by atoms with E-state index in [0.29, 0.717) is 11.8 Å². The van der Waals surface area contributed by atoms with E-state index in [4.69, 9.17) is 4.74 Å². The van der Waals surface area contributed by atoms with Gasteiger partial charge in [0.2, 0.25) is 5.88 Å². The summed E-state index contributed by atoms with van der Waals surface area (Å²) in [6, 6.07) is 9.83. The van der Waals surface area contributed by atoms with Crippen LogP contribution < -0.4 is 10.1 Å². The molecule has 4 heteroatoms. The molecule has 1 N–H and O–H groups in total. The van der Waals surface area contributed by atoms with E-state index < -0.39 is 0 Å². The first kappa shape index (κ1) is 13.3. The van der Waals surface area contributed by atoms with Gasteiger partial charge in [-0.3, -0.25) is 0 Å². The van der Waals surface area contributed by atoms with Crippen molar-refractivity contribution in [3.8, 4) is 11.6 Å². The minimum atomic E-state index is 0.409. The summed E-state index contributed by atoms with van der Waals surface area (Å²) >= 11 is 0. The molecule has 0 aliphatic rings. The quantitative estimate of drug-likeness (QED) is 0.884. The van der Waals surface area contributed by atoms with Crippen LogP contribution in [0.1, 0.15) is 32.3 Å². The van der Waals surface area contributed by atoms with Gasteiger partial charge in [-0.1, -0.05) is 32.0 Å². The number of hydrogen-bond donors (Lipinski definition) is 1. The average Bonchev–Trinajstić information content (AvgIpc) is 2.40. The summed E-state index contributed by atoms with van der Waals surface area (Å²) in [6.45, 7) is 7.13. The van der Waals surface area contributed by atoms with E-state index in [2.05, 4.69) is 35.2 Å². The molecule has 1 heterocycles. The van der Waals surface area contributed by atoms with E-state index in [0.717, 1.165) is 18.1 Å². The van der Waals surface area contributed by atoms with Crippen molar-refractivity contribution < 1.29 is 4.74 Å². The zero-order valence-corrected chi connectivity index (χ0v) is 11.6. The van der Waals surface area contributed by atoms with E-state index in [-0.39, 0.29) is 0 Å². The SMILES string of the molecule is CCNc1cc(Oc2ccccc2C(C)C)ncn1. The lowest BCUT2D eigenvalue weighted by Gasteiger charge is -2.13. The van der Waals surface area contributed by atoms with Crippen molar-refractivity contribution in [1.29, 1.82) is 0 Å². The van der Waals surface area contributed by atoms with Crippen molar-refractivity contribution in [2.75, 3.05) is 11.9 Å². The normalized spacial score (nSPS) is 10.5. The fourth-order valence-electron chi connectivity index (χ4n) is 1.84. The van der Waals surface area contributed by atoms with E-state index in [1.165, 1.54) is 11.9 Å². The Balaban J connectivity index is 2.23. The predicted molar refractivity (Wildman–Crippen MR) is 76.8 cm³/mol. The van der Waals surface area contributed by atoms with Crippen LogP contribution in [0.3, 0.4) is 0 Å². The fourth-order valence-corrected chi connectivity index (χ4v) is 1.84. The number of rotatable bonds is 5. The second kappa shape index (κ2) is 6.18. The Hall–Kier alpha value is -2.10. The summed E-state index contributed by atoms with van der Waals surface area (Å²) in [5.74, 6) is 2.58. The van der Waals surface area contributed by atoms with Gasteiger partial charge in [0.25, 0.3) is 0 Å². The maximum absolute atomic E-state index is 5.87.